The number of furan rings is 1. The first-order chi connectivity index (χ1) is 14.3. The number of amides is 3. The number of anilines is 1. The van der Waals surface area contributed by atoms with Crippen LogP contribution < -0.4 is 16.0 Å². The highest BCUT2D eigenvalue weighted by molar-refractivity contribution is 6.03. The van der Waals surface area contributed by atoms with Gasteiger partial charge in [-0.05, 0) is 50.1 Å². The van der Waals surface area contributed by atoms with E-state index in [9.17, 15) is 19.2 Å². The minimum atomic E-state index is -0.745. The third-order valence-corrected chi connectivity index (χ3v) is 4.12. The molecule has 160 valence electrons. The van der Waals surface area contributed by atoms with Gasteiger partial charge in [0.25, 0.3) is 11.8 Å². The summed E-state index contributed by atoms with van der Waals surface area (Å²) >= 11 is 0. The maximum Gasteiger partial charge on any atom is 0.338 e. The van der Waals surface area contributed by atoms with E-state index in [1.807, 2.05) is 6.92 Å². The molecule has 1 heterocycles. The molecule has 2 rings (SSSR count). The molecule has 1 atom stereocenters. The molecule has 0 fully saturated rings. The summed E-state index contributed by atoms with van der Waals surface area (Å²) in [6.45, 7) is 5.21. The Kier molecular flexibility index (Phi) is 8.16. The second kappa shape index (κ2) is 10.8. The van der Waals surface area contributed by atoms with Crippen LogP contribution >= 0.6 is 0 Å². The van der Waals surface area contributed by atoms with Crippen LogP contribution in [0.5, 0.6) is 0 Å². The lowest BCUT2D eigenvalue weighted by Gasteiger charge is -2.14. The quantitative estimate of drug-likeness (QED) is 0.538. The molecule has 0 aliphatic heterocycles. The maximum absolute atomic E-state index is 12.3. The molecular formula is C21H25N3O6. The summed E-state index contributed by atoms with van der Waals surface area (Å²) in [5.74, 6) is -1.96. The van der Waals surface area contributed by atoms with Gasteiger partial charge in [0.1, 0.15) is 6.04 Å². The van der Waals surface area contributed by atoms with Crippen LogP contribution in [0.1, 0.15) is 46.7 Å². The molecule has 0 saturated heterocycles. The molecule has 0 aliphatic carbocycles. The van der Waals surface area contributed by atoms with E-state index in [0.29, 0.717) is 12.2 Å². The van der Waals surface area contributed by atoms with E-state index in [4.69, 9.17) is 9.15 Å². The average Bonchev–Trinajstić information content (AvgIpc) is 3.26. The van der Waals surface area contributed by atoms with Crippen LogP contribution in [0, 0.1) is 6.92 Å². The highest BCUT2D eigenvalue weighted by Gasteiger charge is 2.18. The predicted octanol–water partition coefficient (Wildman–Crippen LogP) is 2.03. The fourth-order valence-electron chi connectivity index (χ4n) is 2.44. The molecule has 30 heavy (non-hydrogen) atoms. The molecular weight excluding hydrogens is 390 g/mol. The van der Waals surface area contributed by atoms with Crippen molar-refractivity contribution in [3.05, 3.63) is 53.5 Å². The number of ether oxygens (including phenoxy) is 1. The molecule has 0 aliphatic rings. The molecule has 9 heteroatoms. The van der Waals surface area contributed by atoms with Gasteiger partial charge in [0.15, 0.2) is 12.4 Å². The standard InChI is InChI=1S/C21H25N3O6/c1-4-9-22-19(26)14(3)23-18(25)12-30-21(28)15-8-7-13(2)16(11-15)24-20(27)17-6-5-10-29-17/h5-8,10-11,14H,4,9,12H2,1-3H3,(H,22,26)(H,23,25)(H,24,27)/t14-/m1/s1. The van der Waals surface area contributed by atoms with E-state index < -0.39 is 30.4 Å². The van der Waals surface area contributed by atoms with Crippen molar-refractivity contribution in [3.8, 4) is 0 Å². The van der Waals surface area contributed by atoms with E-state index in [2.05, 4.69) is 16.0 Å². The summed E-state index contributed by atoms with van der Waals surface area (Å²) in [6.07, 6.45) is 2.17. The van der Waals surface area contributed by atoms with Gasteiger partial charge in [-0.25, -0.2) is 4.79 Å². The Labute approximate surface area is 174 Å². The van der Waals surface area contributed by atoms with E-state index in [1.165, 1.54) is 24.5 Å². The van der Waals surface area contributed by atoms with Crippen molar-refractivity contribution < 1.29 is 28.3 Å². The SMILES string of the molecule is CCCNC(=O)[C@@H](C)NC(=O)COC(=O)c1ccc(C)c(NC(=O)c2ccco2)c1. The number of benzene rings is 1. The van der Waals surface area contributed by atoms with Crippen LogP contribution in [0.4, 0.5) is 5.69 Å². The van der Waals surface area contributed by atoms with Gasteiger partial charge in [0.2, 0.25) is 5.91 Å². The zero-order valence-electron chi connectivity index (χ0n) is 17.1. The summed E-state index contributed by atoms with van der Waals surface area (Å²) in [7, 11) is 0. The summed E-state index contributed by atoms with van der Waals surface area (Å²) in [5.41, 5.74) is 1.31. The average molecular weight is 415 g/mol. The second-order valence-electron chi connectivity index (χ2n) is 6.62. The summed E-state index contributed by atoms with van der Waals surface area (Å²) < 4.78 is 10.1. The molecule has 0 bridgehead atoms. The lowest BCUT2D eigenvalue weighted by molar-refractivity contribution is -0.130. The summed E-state index contributed by atoms with van der Waals surface area (Å²) in [6, 6.07) is 7.00. The summed E-state index contributed by atoms with van der Waals surface area (Å²) in [5, 5.41) is 7.79. The number of hydrogen-bond acceptors (Lipinski definition) is 6. The second-order valence-corrected chi connectivity index (χ2v) is 6.62. The van der Waals surface area contributed by atoms with Crippen molar-refractivity contribution in [2.75, 3.05) is 18.5 Å². The lowest BCUT2D eigenvalue weighted by Crippen LogP contribution is -2.46. The molecule has 0 saturated carbocycles. The molecule has 1 aromatic carbocycles. The molecule has 0 radical (unpaired) electrons. The fraction of sp³-hybridized carbons (Fsp3) is 0.333. The number of esters is 1. The van der Waals surface area contributed by atoms with Gasteiger partial charge in [-0.2, -0.15) is 0 Å². The first-order valence-electron chi connectivity index (χ1n) is 9.51. The largest absolute Gasteiger partial charge is 0.459 e. The minimum absolute atomic E-state index is 0.135. The Hall–Kier alpha value is -3.62. The predicted molar refractivity (Wildman–Crippen MR) is 109 cm³/mol. The van der Waals surface area contributed by atoms with Crippen molar-refractivity contribution >= 4 is 29.4 Å². The number of aryl methyl sites for hydroxylation is 1. The van der Waals surface area contributed by atoms with Gasteiger partial charge in [-0.3, -0.25) is 14.4 Å². The normalized spacial score (nSPS) is 11.3. The van der Waals surface area contributed by atoms with Crippen molar-refractivity contribution in [1.82, 2.24) is 10.6 Å². The van der Waals surface area contributed by atoms with Crippen LogP contribution in [-0.4, -0.2) is 42.9 Å². The molecule has 0 unspecified atom stereocenters. The van der Waals surface area contributed by atoms with Crippen molar-refractivity contribution in [2.24, 2.45) is 0 Å². The molecule has 2 aromatic rings. The number of hydrogen-bond donors (Lipinski definition) is 3. The van der Waals surface area contributed by atoms with E-state index in [0.717, 1.165) is 12.0 Å². The fourth-order valence-corrected chi connectivity index (χ4v) is 2.44. The van der Waals surface area contributed by atoms with E-state index in [1.54, 1.807) is 26.0 Å². The third-order valence-electron chi connectivity index (χ3n) is 4.12. The minimum Gasteiger partial charge on any atom is -0.459 e. The highest BCUT2D eigenvalue weighted by Crippen LogP contribution is 2.19. The van der Waals surface area contributed by atoms with Crippen LogP contribution in [0.15, 0.2) is 41.0 Å². The van der Waals surface area contributed by atoms with Crippen LogP contribution in [0.25, 0.3) is 0 Å². The highest BCUT2D eigenvalue weighted by atomic mass is 16.5. The Morgan fingerprint density at radius 3 is 2.60 bits per heavy atom. The monoisotopic (exact) mass is 415 g/mol. The van der Waals surface area contributed by atoms with Gasteiger partial charge in [0.05, 0.1) is 11.8 Å². The lowest BCUT2D eigenvalue weighted by atomic mass is 10.1. The number of carbonyl (C=O) groups excluding carboxylic acids is 4. The Bertz CT molecular complexity index is 907. The molecule has 3 N–H and O–H groups in total. The molecule has 9 nitrogen and oxygen atoms in total. The van der Waals surface area contributed by atoms with Gasteiger partial charge >= 0.3 is 5.97 Å². The number of nitrogens with one attached hydrogen (secondary N) is 3. The van der Waals surface area contributed by atoms with E-state index in [-0.39, 0.29) is 17.2 Å². The maximum atomic E-state index is 12.3. The van der Waals surface area contributed by atoms with Gasteiger partial charge in [-0.1, -0.05) is 13.0 Å². The molecule has 1 aromatic heterocycles. The number of carbonyl (C=O) groups is 4. The van der Waals surface area contributed by atoms with Gasteiger partial charge < -0.3 is 25.1 Å². The Morgan fingerprint density at radius 2 is 1.93 bits per heavy atom. The van der Waals surface area contributed by atoms with Crippen molar-refractivity contribution in [1.29, 1.82) is 0 Å². The first-order valence-corrected chi connectivity index (χ1v) is 9.51. The van der Waals surface area contributed by atoms with Crippen molar-refractivity contribution in [2.45, 2.75) is 33.2 Å². The van der Waals surface area contributed by atoms with Gasteiger partial charge in [-0.15, -0.1) is 0 Å². The number of rotatable bonds is 9. The zero-order chi connectivity index (χ0) is 22.1. The molecule has 0 spiro atoms. The third kappa shape index (κ3) is 6.47. The van der Waals surface area contributed by atoms with Crippen molar-refractivity contribution in [3.63, 3.8) is 0 Å². The van der Waals surface area contributed by atoms with Gasteiger partial charge in [0, 0.05) is 12.2 Å². The van der Waals surface area contributed by atoms with Crippen LogP contribution in [0.2, 0.25) is 0 Å². The van der Waals surface area contributed by atoms with Crippen LogP contribution in [-0.2, 0) is 14.3 Å². The zero-order valence-corrected chi connectivity index (χ0v) is 17.1. The van der Waals surface area contributed by atoms with E-state index >= 15 is 0 Å². The topological polar surface area (TPSA) is 127 Å². The first kappa shape index (κ1) is 22.7. The Balaban J connectivity index is 1.91. The van der Waals surface area contributed by atoms with Crippen LogP contribution in [0.3, 0.4) is 0 Å². The Morgan fingerprint density at radius 1 is 1.17 bits per heavy atom. The smallest absolute Gasteiger partial charge is 0.338 e. The molecule has 3 amide bonds. The summed E-state index contributed by atoms with van der Waals surface area (Å²) in [4.78, 5) is 48.1.